The maximum Gasteiger partial charge on any atom is 0.243 e. The predicted molar refractivity (Wildman–Crippen MR) is 124 cm³/mol. The molecule has 0 aliphatic carbocycles. The van der Waals surface area contributed by atoms with E-state index < -0.39 is 0 Å². The normalized spacial score (nSPS) is 19.0. The smallest absolute Gasteiger partial charge is 0.243 e. The van der Waals surface area contributed by atoms with E-state index in [0.717, 1.165) is 42.7 Å². The minimum absolute atomic E-state index is 0.0451. The number of aliphatic hydroxyl groups excluding tert-OH is 1. The Bertz CT molecular complexity index is 710. The number of hydrogen-bond donors (Lipinski definition) is 2. The van der Waals surface area contributed by atoms with Gasteiger partial charge in [0, 0.05) is 25.7 Å². The van der Waals surface area contributed by atoms with Gasteiger partial charge in [-0.15, -0.1) is 0 Å². The second-order valence-electron chi connectivity index (χ2n) is 8.29. The number of aliphatic hydroxyl groups is 1. The molecular weight excluding hydrogens is 400 g/mol. The highest BCUT2D eigenvalue weighted by atomic mass is 32.1. The van der Waals surface area contributed by atoms with E-state index in [1.54, 1.807) is 6.92 Å². The first-order chi connectivity index (χ1) is 14.3. The zero-order valence-corrected chi connectivity index (χ0v) is 19.5. The maximum absolute atomic E-state index is 12.7. The lowest BCUT2D eigenvalue weighted by atomic mass is 9.95. The fraction of sp³-hybridized carbons (Fsp3) is 0.652. The number of amides is 1. The standard InChI is InChI=1S/C23H36N2O4S/c1-16(2)22-23(27)24-19(15-26)13-18-9-10-20(14-21(18)25(22)4)29-12-8-6-5-7-11-28-17(3)30/h9-10,14,16,19,22,26H,5-8,11-13,15H2,1-4H3,(H,24,27)/t19?,22-/m0/s1. The van der Waals surface area contributed by atoms with Gasteiger partial charge in [0.2, 0.25) is 5.91 Å². The van der Waals surface area contributed by atoms with Crippen LogP contribution in [-0.4, -0.2) is 55.0 Å². The largest absolute Gasteiger partial charge is 0.494 e. The van der Waals surface area contributed by atoms with Gasteiger partial charge >= 0.3 is 0 Å². The van der Waals surface area contributed by atoms with Gasteiger partial charge in [0.1, 0.15) is 11.8 Å². The van der Waals surface area contributed by atoms with Crippen LogP contribution >= 0.6 is 12.2 Å². The highest BCUT2D eigenvalue weighted by Crippen LogP contribution is 2.31. The van der Waals surface area contributed by atoms with Crippen LogP contribution in [0.1, 0.15) is 52.0 Å². The van der Waals surface area contributed by atoms with Crippen LogP contribution in [0.2, 0.25) is 0 Å². The number of nitrogens with zero attached hydrogens (tertiary/aromatic N) is 1. The molecule has 1 aliphatic heterocycles. The first kappa shape index (κ1) is 24.4. The van der Waals surface area contributed by atoms with Crippen LogP contribution < -0.4 is 15.0 Å². The number of rotatable bonds is 10. The molecule has 0 radical (unpaired) electrons. The molecule has 2 atom stereocenters. The van der Waals surface area contributed by atoms with Gasteiger partial charge in [-0.2, -0.15) is 0 Å². The number of nitrogens with one attached hydrogen (secondary N) is 1. The third kappa shape index (κ3) is 7.13. The van der Waals surface area contributed by atoms with Crippen molar-refractivity contribution in [3.05, 3.63) is 23.8 Å². The highest BCUT2D eigenvalue weighted by Gasteiger charge is 2.32. The monoisotopic (exact) mass is 436 g/mol. The lowest BCUT2D eigenvalue weighted by molar-refractivity contribution is -0.124. The fourth-order valence-corrected chi connectivity index (χ4v) is 3.97. The first-order valence-electron chi connectivity index (χ1n) is 10.9. The zero-order chi connectivity index (χ0) is 22.1. The SMILES string of the molecule is CC(=S)OCCCCCCOc1ccc2c(c1)N(C)[C@@H](C(C)C)C(=O)NC(CO)C2. The summed E-state index contributed by atoms with van der Waals surface area (Å²) >= 11 is 4.90. The number of hydrogen-bond acceptors (Lipinski definition) is 6. The van der Waals surface area contributed by atoms with E-state index in [2.05, 4.69) is 5.32 Å². The van der Waals surface area contributed by atoms with Crippen LogP contribution in [0.15, 0.2) is 18.2 Å². The Kier molecular flexibility index (Phi) is 9.85. The number of fused-ring (bicyclic) bond motifs is 1. The summed E-state index contributed by atoms with van der Waals surface area (Å²) in [6.07, 6.45) is 4.75. The molecule has 0 aromatic heterocycles. The summed E-state index contributed by atoms with van der Waals surface area (Å²) in [6.45, 7) is 7.14. The first-order valence-corrected chi connectivity index (χ1v) is 11.3. The molecular formula is C23H36N2O4S. The van der Waals surface area contributed by atoms with E-state index in [1.807, 2.05) is 44.0 Å². The minimum atomic E-state index is -0.299. The van der Waals surface area contributed by atoms with E-state index >= 15 is 0 Å². The molecule has 0 fully saturated rings. The number of carbonyl (C=O) groups is 1. The molecule has 2 rings (SSSR count). The average Bonchev–Trinajstić information content (AvgIpc) is 2.68. The molecule has 1 aliphatic rings. The molecule has 1 amide bonds. The molecule has 1 unspecified atom stereocenters. The van der Waals surface area contributed by atoms with Crippen LogP contribution in [0.25, 0.3) is 0 Å². The molecule has 30 heavy (non-hydrogen) atoms. The fourth-order valence-electron chi connectivity index (χ4n) is 3.89. The molecule has 1 heterocycles. The van der Waals surface area contributed by atoms with E-state index in [-0.39, 0.29) is 30.5 Å². The van der Waals surface area contributed by atoms with Crippen molar-refractivity contribution in [2.75, 3.05) is 31.8 Å². The Hall–Kier alpha value is -1.86. The van der Waals surface area contributed by atoms with Gasteiger partial charge < -0.3 is 24.8 Å². The second-order valence-corrected chi connectivity index (χ2v) is 8.86. The van der Waals surface area contributed by atoms with Crippen LogP contribution in [0, 0.1) is 5.92 Å². The zero-order valence-electron chi connectivity index (χ0n) is 18.6. The summed E-state index contributed by atoms with van der Waals surface area (Å²) in [7, 11) is 1.95. The van der Waals surface area contributed by atoms with Crippen LogP contribution in [0.5, 0.6) is 5.75 Å². The van der Waals surface area contributed by atoms with E-state index in [0.29, 0.717) is 24.7 Å². The van der Waals surface area contributed by atoms with Gasteiger partial charge in [-0.05, 0) is 61.9 Å². The second kappa shape index (κ2) is 12.1. The Labute approximate surface area is 185 Å². The number of unbranched alkanes of at least 4 members (excludes halogenated alkanes) is 3. The molecule has 0 saturated heterocycles. The molecule has 0 spiro atoms. The number of thiocarbonyl (C=S) groups is 1. The lowest BCUT2D eigenvalue weighted by Gasteiger charge is -2.37. The van der Waals surface area contributed by atoms with Crippen LogP contribution in [0.3, 0.4) is 0 Å². The summed E-state index contributed by atoms with van der Waals surface area (Å²) < 4.78 is 11.3. The summed E-state index contributed by atoms with van der Waals surface area (Å²) in [4.78, 5) is 14.8. The van der Waals surface area contributed by atoms with Crippen molar-refractivity contribution in [2.45, 2.75) is 65.0 Å². The van der Waals surface area contributed by atoms with Gasteiger partial charge in [0.15, 0.2) is 5.05 Å². The predicted octanol–water partition coefficient (Wildman–Crippen LogP) is 3.48. The minimum Gasteiger partial charge on any atom is -0.494 e. The van der Waals surface area contributed by atoms with Crippen molar-refractivity contribution in [3.8, 4) is 5.75 Å². The van der Waals surface area contributed by atoms with Crippen molar-refractivity contribution in [1.29, 1.82) is 0 Å². The van der Waals surface area contributed by atoms with E-state index in [4.69, 9.17) is 21.7 Å². The molecule has 1 aromatic carbocycles. The van der Waals surface area contributed by atoms with E-state index in [9.17, 15) is 9.90 Å². The lowest BCUT2D eigenvalue weighted by Crippen LogP contribution is -2.54. The molecule has 168 valence electrons. The van der Waals surface area contributed by atoms with Gasteiger partial charge in [-0.25, -0.2) is 0 Å². The topological polar surface area (TPSA) is 71.0 Å². The Morgan fingerprint density at radius 1 is 1.27 bits per heavy atom. The molecule has 2 N–H and O–H groups in total. The van der Waals surface area contributed by atoms with E-state index in [1.165, 1.54) is 0 Å². The van der Waals surface area contributed by atoms with Crippen molar-refractivity contribution < 1.29 is 19.4 Å². The summed E-state index contributed by atoms with van der Waals surface area (Å²) in [5, 5.41) is 13.3. The van der Waals surface area contributed by atoms with Crippen LogP contribution in [-0.2, 0) is 16.0 Å². The number of anilines is 1. The maximum atomic E-state index is 12.7. The number of likely N-dealkylation sites (N-methyl/N-ethyl adjacent to an activating group) is 1. The Balaban J connectivity index is 1.98. The Morgan fingerprint density at radius 2 is 1.97 bits per heavy atom. The number of carbonyl (C=O) groups excluding carboxylic acids is 1. The van der Waals surface area contributed by atoms with Crippen molar-refractivity contribution in [1.82, 2.24) is 5.32 Å². The third-order valence-corrected chi connectivity index (χ3v) is 5.52. The van der Waals surface area contributed by atoms with Crippen LogP contribution in [0.4, 0.5) is 5.69 Å². The van der Waals surface area contributed by atoms with Crippen molar-refractivity contribution >= 4 is 28.9 Å². The van der Waals surface area contributed by atoms with Gasteiger partial charge in [-0.1, -0.05) is 19.9 Å². The average molecular weight is 437 g/mol. The highest BCUT2D eigenvalue weighted by molar-refractivity contribution is 7.80. The van der Waals surface area contributed by atoms with Gasteiger partial charge in [-0.3, -0.25) is 4.79 Å². The molecule has 0 bridgehead atoms. The number of ether oxygens (including phenoxy) is 2. The summed E-state index contributed by atoms with van der Waals surface area (Å²) in [6, 6.07) is 5.47. The Morgan fingerprint density at radius 3 is 2.60 bits per heavy atom. The summed E-state index contributed by atoms with van der Waals surface area (Å²) in [5.41, 5.74) is 2.09. The van der Waals surface area contributed by atoms with Crippen molar-refractivity contribution in [3.63, 3.8) is 0 Å². The molecule has 7 heteroatoms. The van der Waals surface area contributed by atoms with Gasteiger partial charge in [0.25, 0.3) is 0 Å². The van der Waals surface area contributed by atoms with Gasteiger partial charge in [0.05, 0.1) is 25.9 Å². The third-order valence-electron chi connectivity index (χ3n) is 5.40. The van der Waals surface area contributed by atoms with Crippen molar-refractivity contribution in [2.24, 2.45) is 5.92 Å². The molecule has 0 saturated carbocycles. The summed E-state index contributed by atoms with van der Waals surface area (Å²) in [5.74, 6) is 0.900. The molecule has 1 aromatic rings. The molecule has 6 nitrogen and oxygen atoms in total. The number of benzene rings is 1. The quantitative estimate of drug-likeness (QED) is 0.432.